The SMILES string of the molecule is NCCc1csc(COc2ccccc2)n1. The maximum Gasteiger partial charge on any atom is 0.140 e. The van der Waals surface area contributed by atoms with Gasteiger partial charge in [0.2, 0.25) is 0 Å². The fourth-order valence-electron chi connectivity index (χ4n) is 1.34. The lowest BCUT2D eigenvalue weighted by Gasteiger charge is -2.02. The normalized spacial score (nSPS) is 10.3. The number of para-hydroxylation sites is 1. The van der Waals surface area contributed by atoms with Gasteiger partial charge in [-0.3, -0.25) is 0 Å². The van der Waals surface area contributed by atoms with Gasteiger partial charge in [0.25, 0.3) is 0 Å². The van der Waals surface area contributed by atoms with E-state index in [-0.39, 0.29) is 0 Å². The van der Waals surface area contributed by atoms with Gasteiger partial charge >= 0.3 is 0 Å². The molecule has 0 saturated carbocycles. The molecule has 0 spiro atoms. The highest BCUT2D eigenvalue weighted by Crippen LogP contribution is 2.14. The van der Waals surface area contributed by atoms with Crippen LogP contribution in [0.15, 0.2) is 35.7 Å². The number of hydrogen-bond acceptors (Lipinski definition) is 4. The molecule has 0 unspecified atom stereocenters. The van der Waals surface area contributed by atoms with E-state index in [1.165, 1.54) is 0 Å². The Balaban J connectivity index is 1.89. The Bertz CT molecular complexity index is 428. The number of rotatable bonds is 5. The van der Waals surface area contributed by atoms with Gasteiger partial charge in [-0.25, -0.2) is 4.98 Å². The molecular weight excluding hydrogens is 220 g/mol. The molecule has 0 amide bonds. The maximum absolute atomic E-state index is 5.60. The van der Waals surface area contributed by atoms with Crippen molar-refractivity contribution in [2.24, 2.45) is 5.73 Å². The van der Waals surface area contributed by atoms with Crippen LogP contribution in [0.2, 0.25) is 0 Å². The third kappa shape index (κ3) is 3.05. The van der Waals surface area contributed by atoms with Gasteiger partial charge in [0.15, 0.2) is 0 Å². The summed E-state index contributed by atoms with van der Waals surface area (Å²) < 4.78 is 5.60. The Kier molecular flexibility index (Phi) is 3.91. The van der Waals surface area contributed by atoms with Crippen molar-refractivity contribution in [3.05, 3.63) is 46.4 Å². The molecule has 2 rings (SSSR count). The summed E-state index contributed by atoms with van der Waals surface area (Å²) in [6.07, 6.45) is 0.835. The smallest absolute Gasteiger partial charge is 0.140 e. The van der Waals surface area contributed by atoms with Crippen LogP contribution in [0.25, 0.3) is 0 Å². The summed E-state index contributed by atoms with van der Waals surface area (Å²) in [5, 5.41) is 3.03. The molecule has 2 N–H and O–H groups in total. The standard InChI is InChI=1S/C12H14N2OS/c13-7-6-10-9-16-12(14-10)8-15-11-4-2-1-3-5-11/h1-5,9H,6-8,13H2. The van der Waals surface area contributed by atoms with Gasteiger partial charge in [-0.2, -0.15) is 0 Å². The molecule has 0 aliphatic rings. The molecule has 1 aromatic carbocycles. The molecule has 3 nitrogen and oxygen atoms in total. The van der Waals surface area contributed by atoms with E-state index < -0.39 is 0 Å². The molecule has 0 radical (unpaired) electrons. The minimum absolute atomic E-state index is 0.527. The van der Waals surface area contributed by atoms with Crippen molar-refractivity contribution in [3.8, 4) is 5.75 Å². The van der Waals surface area contributed by atoms with Crippen LogP contribution in [-0.4, -0.2) is 11.5 Å². The first-order valence-corrected chi connectivity index (χ1v) is 6.07. The lowest BCUT2D eigenvalue weighted by molar-refractivity contribution is 0.305. The molecular formula is C12H14N2OS. The van der Waals surface area contributed by atoms with Gasteiger partial charge in [0.1, 0.15) is 17.4 Å². The van der Waals surface area contributed by atoms with Gasteiger partial charge in [0.05, 0.1) is 5.69 Å². The number of hydrogen-bond donors (Lipinski definition) is 1. The Morgan fingerprint density at radius 1 is 1.25 bits per heavy atom. The zero-order valence-corrected chi connectivity index (χ0v) is 9.74. The van der Waals surface area contributed by atoms with Crippen molar-refractivity contribution in [3.63, 3.8) is 0 Å². The van der Waals surface area contributed by atoms with Crippen LogP contribution in [0.4, 0.5) is 0 Å². The summed E-state index contributed by atoms with van der Waals surface area (Å²) in [7, 11) is 0. The van der Waals surface area contributed by atoms with E-state index in [0.29, 0.717) is 13.2 Å². The molecule has 2 aromatic rings. The van der Waals surface area contributed by atoms with E-state index in [2.05, 4.69) is 4.98 Å². The van der Waals surface area contributed by atoms with E-state index in [4.69, 9.17) is 10.5 Å². The Morgan fingerprint density at radius 3 is 2.81 bits per heavy atom. The topological polar surface area (TPSA) is 48.1 Å². The highest BCUT2D eigenvalue weighted by Gasteiger charge is 2.02. The first-order valence-electron chi connectivity index (χ1n) is 5.19. The largest absolute Gasteiger partial charge is 0.486 e. The Labute approximate surface area is 98.9 Å². The molecule has 84 valence electrons. The molecule has 16 heavy (non-hydrogen) atoms. The predicted molar refractivity (Wildman–Crippen MR) is 65.6 cm³/mol. The average Bonchev–Trinajstić information content (AvgIpc) is 2.76. The third-order valence-electron chi connectivity index (χ3n) is 2.11. The van der Waals surface area contributed by atoms with E-state index in [1.807, 2.05) is 35.7 Å². The van der Waals surface area contributed by atoms with Crippen LogP contribution in [0.1, 0.15) is 10.7 Å². The molecule has 0 fully saturated rings. The van der Waals surface area contributed by atoms with Crippen molar-refractivity contribution in [2.45, 2.75) is 13.0 Å². The molecule has 1 heterocycles. The maximum atomic E-state index is 5.60. The van der Waals surface area contributed by atoms with Gasteiger partial charge in [-0.15, -0.1) is 11.3 Å². The monoisotopic (exact) mass is 234 g/mol. The zero-order chi connectivity index (χ0) is 11.2. The van der Waals surface area contributed by atoms with Gasteiger partial charge < -0.3 is 10.5 Å². The lowest BCUT2D eigenvalue weighted by atomic mass is 10.3. The molecule has 0 aliphatic heterocycles. The van der Waals surface area contributed by atoms with E-state index in [1.54, 1.807) is 11.3 Å². The van der Waals surface area contributed by atoms with Gasteiger partial charge in [0, 0.05) is 11.8 Å². The second kappa shape index (κ2) is 5.63. The fourth-order valence-corrected chi connectivity index (χ4v) is 2.08. The fraction of sp³-hybridized carbons (Fsp3) is 0.250. The summed E-state index contributed by atoms with van der Waals surface area (Å²) in [5.41, 5.74) is 6.52. The van der Waals surface area contributed by atoms with Crippen LogP contribution in [0.3, 0.4) is 0 Å². The second-order valence-electron chi connectivity index (χ2n) is 3.37. The summed E-state index contributed by atoms with van der Waals surface area (Å²) in [4.78, 5) is 4.43. The molecule has 0 bridgehead atoms. The van der Waals surface area contributed by atoms with Gasteiger partial charge in [-0.05, 0) is 18.7 Å². The molecule has 0 saturated heterocycles. The summed E-state index contributed by atoms with van der Waals surface area (Å²) >= 11 is 1.62. The number of benzene rings is 1. The van der Waals surface area contributed by atoms with E-state index in [9.17, 15) is 0 Å². The van der Waals surface area contributed by atoms with Crippen LogP contribution in [-0.2, 0) is 13.0 Å². The highest BCUT2D eigenvalue weighted by molar-refractivity contribution is 7.09. The van der Waals surface area contributed by atoms with Crippen molar-refractivity contribution < 1.29 is 4.74 Å². The van der Waals surface area contributed by atoms with Gasteiger partial charge in [-0.1, -0.05) is 18.2 Å². The quantitative estimate of drug-likeness (QED) is 0.863. The molecule has 0 aliphatic carbocycles. The van der Waals surface area contributed by atoms with Crippen LogP contribution in [0, 0.1) is 0 Å². The predicted octanol–water partition coefficient (Wildman–Crippen LogP) is 2.22. The third-order valence-corrected chi connectivity index (χ3v) is 2.98. The van der Waals surface area contributed by atoms with Crippen LogP contribution in [0.5, 0.6) is 5.75 Å². The van der Waals surface area contributed by atoms with Crippen molar-refractivity contribution in [1.82, 2.24) is 4.98 Å². The first-order chi connectivity index (χ1) is 7.88. The summed E-state index contributed by atoms with van der Waals surface area (Å²) in [5.74, 6) is 0.873. The van der Waals surface area contributed by atoms with E-state index >= 15 is 0 Å². The molecule has 1 aromatic heterocycles. The van der Waals surface area contributed by atoms with E-state index in [0.717, 1.165) is 22.9 Å². The number of thiazole rings is 1. The minimum atomic E-state index is 0.527. The van der Waals surface area contributed by atoms with Crippen molar-refractivity contribution in [1.29, 1.82) is 0 Å². The van der Waals surface area contributed by atoms with Crippen LogP contribution >= 0.6 is 11.3 Å². The average molecular weight is 234 g/mol. The Morgan fingerprint density at radius 2 is 2.06 bits per heavy atom. The second-order valence-corrected chi connectivity index (χ2v) is 4.32. The highest BCUT2D eigenvalue weighted by atomic mass is 32.1. The molecule has 0 atom stereocenters. The van der Waals surface area contributed by atoms with Crippen molar-refractivity contribution >= 4 is 11.3 Å². The summed E-state index contributed by atoms with van der Waals surface area (Å²) in [6, 6.07) is 9.76. The van der Waals surface area contributed by atoms with Crippen LogP contribution < -0.4 is 10.5 Å². The summed E-state index contributed by atoms with van der Waals surface area (Å²) in [6.45, 7) is 1.17. The molecule has 4 heteroatoms. The number of aromatic nitrogens is 1. The van der Waals surface area contributed by atoms with Crippen molar-refractivity contribution in [2.75, 3.05) is 6.54 Å². The Hall–Kier alpha value is -1.39. The number of nitrogens with zero attached hydrogens (tertiary/aromatic N) is 1. The first kappa shape index (κ1) is 11.1. The number of ether oxygens (including phenoxy) is 1. The minimum Gasteiger partial charge on any atom is -0.486 e. The lowest BCUT2D eigenvalue weighted by Crippen LogP contribution is -2.03. The number of nitrogens with two attached hydrogens (primary N) is 1. The zero-order valence-electron chi connectivity index (χ0n) is 8.93.